The summed E-state index contributed by atoms with van der Waals surface area (Å²) in [4.78, 5) is 22.9. The van der Waals surface area contributed by atoms with Crippen LogP contribution in [0.25, 0.3) is 0 Å². The van der Waals surface area contributed by atoms with Crippen molar-refractivity contribution in [3.05, 3.63) is 0 Å². The first-order valence-corrected chi connectivity index (χ1v) is 19.4. The third-order valence-electron chi connectivity index (χ3n) is 8.11. The maximum absolute atomic E-state index is 12.7. The number of hydrogen-bond acceptors (Lipinski definition) is 5. The highest BCUT2D eigenvalue weighted by atomic mass is 31.2. The number of nitrogens with zero attached hydrogens (tertiary/aromatic N) is 1. The highest BCUT2D eigenvalue weighted by Gasteiger charge is 2.28. The first-order chi connectivity index (χ1) is 20.5. The van der Waals surface area contributed by atoms with Gasteiger partial charge in [-0.3, -0.25) is 13.8 Å². The molecular weight excluding hydrogens is 563 g/mol. The van der Waals surface area contributed by atoms with Crippen LogP contribution < -0.4 is 5.32 Å². The van der Waals surface area contributed by atoms with E-state index in [1.54, 1.807) is 0 Å². The van der Waals surface area contributed by atoms with Gasteiger partial charge in [0.15, 0.2) is 0 Å². The quantitative estimate of drug-likeness (QED) is 0.0388. The van der Waals surface area contributed by atoms with Gasteiger partial charge in [-0.1, -0.05) is 142 Å². The number of rotatable bonds is 32. The Hall–Kier alpha value is -0.500. The third kappa shape index (κ3) is 29.9. The van der Waals surface area contributed by atoms with Gasteiger partial charge in [-0.15, -0.1) is 0 Å². The van der Waals surface area contributed by atoms with E-state index in [2.05, 4.69) is 19.2 Å². The molecule has 0 heterocycles. The molecule has 258 valence electrons. The predicted octanol–water partition coefficient (Wildman–Crippen LogP) is 8.68. The van der Waals surface area contributed by atoms with Crippen LogP contribution in [-0.2, 0) is 18.4 Å². The molecule has 0 spiro atoms. The Balaban J connectivity index is 4.48. The third-order valence-corrected chi connectivity index (χ3v) is 9.09. The molecule has 0 saturated carbocycles. The summed E-state index contributed by atoms with van der Waals surface area (Å²) in [7, 11) is 1.62. The minimum absolute atomic E-state index is 0.0776. The average molecular weight is 636 g/mol. The number of nitrogens with one attached hydrogen (secondary N) is 1. The fraction of sp³-hybridized carbons (Fsp3) is 0.971. The SMILES string of the molecule is CCCCCCCCCCCCCCC(=O)N[C@@H](COP(=O)(O)OCC[N+](C)(C)C)[C@H](O)CCCCCCCCCCC. The average Bonchev–Trinajstić information content (AvgIpc) is 2.94. The Labute approximate surface area is 266 Å². The number of carbonyl (C=O) groups is 1. The van der Waals surface area contributed by atoms with E-state index in [1.807, 2.05) is 21.1 Å². The fourth-order valence-electron chi connectivity index (χ4n) is 5.16. The van der Waals surface area contributed by atoms with Gasteiger partial charge in [0.25, 0.3) is 0 Å². The second kappa shape index (κ2) is 27.8. The molecule has 8 nitrogen and oxygen atoms in total. The van der Waals surface area contributed by atoms with Gasteiger partial charge in [0, 0.05) is 6.42 Å². The predicted molar refractivity (Wildman–Crippen MR) is 180 cm³/mol. The minimum atomic E-state index is -4.29. The molecule has 0 radical (unpaired) electrons. The molecule has 0 aromatic heterocycles. The highest BCUT2D eigenvalue weighted by Crippen LogP contribution is 2.43. The van der Waals surface area contributed by atoms with Crippen LogP contribution >= 0.6 is 7.82 Å². The topological polar surface area (TPSA) is 105 Å². The number of aliphatic hydroxyl groups is 1. The van der Waals surface area contributed by atoms with Crippen molar-refractivity contribution in [2.75, 3.05) is 40.9 Å². The van der Waals surface area contributed by atoms with Gasteiger partial charge in [-0.05, 0) is 12.8 Å². The Morgan fingerprint density at radius 3 is 1.56 bits per heavy atom. The molecule has 0 fully saturated rings. The van der Waals surface area contributed by atoms with Crippen LogP contribution in [0, 0.1) is 0 Å². The number of quaternary nitrogens is 1. The largest absolute Gasteiger partial charge is 0.472 e. The van der Waals surface area contributed by atoms with Crippen LogP contribution in [-0.4, -0.2) is 73.4 Å². The lowest BCUT2D eigenvalue weighted by Crippen LogP contribution is -2.46. The van der Waals surface area contributed by atoms with E-state index in [9.17, 15) is 19.4 Å². The van der Waals surface area contributed by atoms with Gasteiger partial charge in [-0.25, -0.2) is 4.57 Å². The highest BCUT2D eigenvalue weighted by molar-refractivity contribution is 7.47. The zero-order valence-corrected chi connectivity index (χ0v) is 29.9. The normalized spacial score (nSPS) is 14.9. The van der Waals surface area contributed by atoms with Gasteiger partial charge >= 0.3 is 7.82 Å². The number of phosphoric acid groups is 1. The molecule has 0 aliphatic carbocycles. The number of carbonyl (C=O) groups excluding carboxylic acids is 1. The van der Waals surface area contributed by atoms with Crippen LogP contribution in [0.15, 0.2) is 0 Å². The van der Waals surface area contributed by atoms with Crippen molar-refractivity contribution in [3.8, 4) is 0 Å². The molecule has 1 amide bonds. The molecule has 0 bridgehead atoms. The molecule has 0 rings (SSSR count). The van der Waals surface area contributed by atoms with Crippen molar-refractivity contribution in [3.63, 3.8) is 0 Å². The smallest absolute Gasteiger partial charge is 0.391 e. The summed E-state index contributed by atoms with van der Waals surface area (Å²) in [6.45, 7) is 4.84. The molecular formula is C34H72N2O6P+. The van der Waals surface area contributed by atoms with Crippen molar-refractivity contribution in [2.24, 2.45) is 0 Å². The van der Waals surface area contributed by atoms with Crippen LogP contribution in [0.4, 0.5) is 0 Å². The van der Waals surface area contributed by atoms with Crippen LogP contribution in [0.5, 0.6) is 0 Å². The van der Waals surface area contributed by atoms with Crippen LogP contribution in [0.2, 0.25) is 0 Å². The molecule has 3 N–H and O–H groups in total. The number of aliphatic hydroxyl groups excluding tert-OH is 1. The summed E-state index contributed by atoms with van der Waals surface area (Å²) in [5.41, 5.74) is 0. The van der Waals surface area contributed by atoms with Gasteiger partial charge in [0.05, 0.1) is 39.9 Å². The molecule has 0 aromatic carbocycles. The summed E-state index contributed by atoms with van der Waals surface area (Å²) in [6.07, 6.45) is 25.5. The second-order valence-corrected chi connectivity index (χ2v) is 15.1. The Kier molecular flexibility index (Phi) is 27.5. The molecule has 0 aliphatic heterocycles. The van der Waals surface area contributed by atoms with E-state index < -0.39 is 20.0 Å². The Morgan fingerprint density at radius 1 is 0.698 bits per heavy atom. The standard InChI is InChI=1S/C34H71N2O6P/c1-6-8-10-12-14-16-17-18-20-22-24-26-28-34(38)35-32(31-42-43(39,40)41-30-29-36(3,4)5)33(37)27-25-23-21-19-15-13-11-9-7-2/h32-33,37H,6-31H2,1-5H3,(H-,35,38,39,40)/p+1/t32-,33+/m0/s1. The second-order valence-electron chi connectivity index (χ2n) is 13.6. The summed E-state index contributed by atoms with van der Waals surface area (Å²) in [6, 6.07) is -0.749. The Morgan fingerprint density at radius 2 is 1.12 bits per heavy atom. The van der Waals surface area contributed by atoms with Crippen LogP contribution in [0.1, 0.15) is 162 Å². The minimum Gasteiger partial charge on any atom is -0.391 e. The lowest BCUT2D eigenvalue weighted by molar-refractivity contribution is -0.870. The van der Waals surface area contributed by atoms with Crippen molar-refractivity contribution < 1.29 is 32.9 Å². The molecule has 0 saturated heterocycles. The zero-order chi connectivity index (χ0) is 32.2. The lowest BCUT2D eigenvalue weighted by Gasteiger charge is -2.26. The van der Waals surface area contributed by atoms with Crippen molar-refractivity contribution in [1.29, 1.82) is 0 Å². The van der Waals surface area contributed by atoms with E-state index in [0.717, 1.165) is 38.5 Å². The van der Waals surface area contributed by atoms with Gasteiger partial charge < -0.3 is 19.8 Å². The molecule has 3 atom stereocenters. The monoisotopic (exact) mass is 636 g/mol. The van der Waals surface area contributed by atoms with Gasteiger partial charge in [0.2, 0.25) is 5.91 Å². The van der Waals surface area contributed by atoms with Crippen molar-refractivity contribution in [1.82, 2.24) is 5.32 Å². The van der Waals surface area contributed by atoms with Crippen molar-refractivity contribution >= 4 is 13.7 Å². The summed E-state index contributed by atoms with van der Waals surface area (Å²) < 4.78 is 23.4. The van der Waals surface area contributed by atoms with E-state index >= 15 is 0 Å². The molecule has 0 aliphatic rings. The van der Waals surface area contributed by atoms with E-state index in [0.29, 0.717) is 23.9 Å². The number of hydrogen-bond donors (Lipinski definition) is 3. The summed E-state index contributed by atoms with van der Waals surface area (Å²) >= 11 is 0. The summed E-state index contributed by atoms with van der Waals surface area (Å²) in [5, 5.41) is 13.8. The number of amides is 1. The Bertz CT molecular complexity index is 688. The number of likely N-dealkylation sites (N-methyl/N-ethyl adjacent to an activating group) is 1. The number of unbranched alkanes of at least 4 members (excludes halogenated alkanes) is 19. The summed E-state index contributed by atoms with van der Waals surface area (Å²) in [5.74, 6) is -0.148. The van der Waals surface area contributed by atoms with E-state index in [4.69, 9.17) is 9.05 Å². The van der Waals surface area contributed by atoms with Crippen LogP contribution in [0.3, 0.4) is 0 Å². The van der Waals surface area contributed by atoms with E-state index in [1.165, 1.54) is 96.3 Å². The molecule has 0 aromatic rings. The lowest BCUT2D eigenvalue weighted by atomic mass is 10.0. The first kappa shape index (κ1) is 42.5. The number of phosphoric ester groups is 1. The molecule has 1 unspecified atom stereocenters. The maximum atomic E-state index is 12.7. The fourth-order valence-corrected chi connectivity index (χ4v) is 5.90. The van der Waals surface area contributed by atoms with Crippen molar-refractivity contribution in [2.45, 2.75) is 174 Å². The maximum Gasteiger partial charge on any atom is 0.472 e. The molecule has 43 heavy (non-hydrogen) atoms. The first-order valence-electron chi connectivity index (χ1n) is 17.9. The zero-order valence-electron chi connectivity index (χ0n) is 29.0. The van der Waals surface area contributed by atoms with Gasteiger partial charge in [-0.2, -0.15) is 0 Å². The molecule has 9 heteroatoms. The van der Waals surface area contributed by atoms with E-state index in [-0.39, 0.29) is 19.1 Å². The van der Waals surface area contributed by atoms with Gasteiger partial charge in [0.1, 0.15) is 13.2 Å².